The molecule has 3 aromatic rings. The van der Waals surface area contributed by atoms with Crippen LogP contribution in [0.25, 0.3) is 11.1 Å². The first kappa shape index (κ1) is 26.4. The summed E-state index contributed by atoms with van der Waals surface area (Å²) in [5, 5.41) is 0. The average Bonchev–Trinajstić information content (AvgIpc) is 2.80. The highest BCUT2D eigenvalue weighted by Gasteiger charge is 2.36. The van der Waals surface area contributed by atoms with Crippen molar-refractivity contribution in [1.82, 2.24) is 0 Å². The minimum atomic E-state index is -2.41. The van der Waals surface area contributed by atoms with Crippen LogP contribution < -0.4 is 9.04 Å². The number of nitrogens with zero attached hydrogens (tertiary/aromatic N) is 1. The number of esters is 1. The second-order valence-electron chi connectivity index (χ2n) is 9.62. The molecule has 2 atom stereocenters. The van der Waals surface area contributed by atoms with Gasteiger partial charge in [0.15, 0.2) is 0 Å². The van der Waals surface area contributed by atoms with Crippen LogP contribution in [0, 0.1) is 5.92 Å². The van der Waals surface area contributed by atoms with Gasteiger partial charge >= 0.3 is 5.97 Å². The molecule has 0 aliphatic rings. The van der Waals surface area contributed by atoms with Gasteiger partial charge in [0.1, 0.15) is 24.0 Å². The van der Waals surface area contributed by atoms with Gasteiger partial charge in [-0.2, -0.15) is 0 Å². The normalized spacial score (nSPS) is 13.2. The Kier molecular flexibility index (Phi) is 8.70. The highest BCUT2D eigenvalue weighted by atomic mass is 32.2. The lowest BCUT2D eigenvalue weighted by Gasteiger charge is -2.33. The standard InChI is InChI=1S/C28H33NO5S/c1-20(2)26(27(30)34-28(3,4)5)29(35(31)32)24-15-11-22(12-16-24)23-13-17-25(18-14-23)33-19-21-9-7-6-8-10-21/h6-18,20,26H,19H2,1-5H3,(H,31,32). The molecular weight excluding hydrogens is 462 g/mol. The molecule has 0 heterocycles. The smallest absolute Gasteiger partial charge is 0.330 e. The molecule has 3 aromatic carbocycles. The zero-order chi connectivity index (χ0) is 25.6. The van der Waals surface area contributed by atoms with Crippen molar-refractivity contribution in [2.75, 3.05) is 4.31 Å². The molecule has 3 rings (SSSR count). The monoisotopic (exact) mass is 495 g/mol. The number of benzene rings is 3. The predicted octanol–water partition coefficient (Wildman–Crippen LogP) is 6.24. The van der Waals surface area contributed by atoms with Crippen LogP contribution in [-0.4, -0.2) is 26.4 Å². The molecule has 7 heteroatoms. The molecule has 0 fully saturated rings. The number of hydrogen-bond donors (Lipinski definition) is 1. The lowest BCUT2D eigenvalue weighted by Crippen LogP contribution is -2.48. The molecule has 0 saturated heterocycles. The molecule has 0 bridgehead atoms. The van der Waals surface area contributed by atoms with E-state index in [9.17, 15) is 13.6 Å². The Morgan fingerprint density at radius 1 is 0.914 bits per heavy atom. The van der Waals surface area contributed by atoms with Gasteiger partial charge in [-0.1, -0.05) is 68.4 Å². The summed E-state index contributed by atoms with van der Waals surface area (Å²) in [4.78, 5) is 12.9. The molecule has 0 aliphatic heterocycles. The van der Waals surface area contributed by atoms with Gasteiger partial charge in [-0.25, -0.2) is 9.00 Å². The number of carbonyl (C=O) groups excluding carboxylic acids is 1. The molecule has 0 aliphatic carbocycles. The summed E-state index contributed by atoms with van der Waals surface area (Å²) in [6.45, 7) is 9.46. The third-order valence-electron chi connectivity index (χ3n) is 5.26. The van der Waals surface area contributed by atoms with Crippen molar-refractivity contribution in [3.63, 3.8) is 0 Å². The van der Waals surface area contributed by atoms with Crippen LogP contribution >= 0.6 is 0 Å². The Morgan fingerprint density at radius 3 is 1.94 bits per heavy atom. The third kappa shape index (κ3) is 7.41. The maximum atomic E-state index is 12.9. The highest BCUT2D eigenvalue weighted by Crippen LogP contribution is 2.29. The van der Waals surface area contributed by atoms with Crippen molar-refractivity contribution in [3.05, 3.63) is 84.4 Å². The average molecular weight is 496 g/mol. The number of ether oxygens (including phenoxy) is 2. The summed E-state index contributed by atoms with van der Waals surface area (Å²) in [6, 6.07) is 24.0. The van der Waals surface area contributed by atoms with E-state index < -0.39 is 28.9 Å². The minimum Gasteiger partial charge on any atom is -0.489 e. The van der Waals surface area contributed by atoms with Crippen LogP contribution in [-0.2, 0) is 27.4 Å². The molecule has 6 nitrogen and oxygen atoms in total. The molecule has 0 aromatic heterocycles. The van der Waals surface area contributed by atoms with Crippen molar-refractivity contribution >= 4 is 22.9 Å². The fourth-order valence-electron chi connectivity index (χ4n) is 3.63. The largest absolute Gasteiger partial charge is 0.489 e. The lowest BCUT2D eigenvalue weighted by molar-refractivity contribution is -0.157. The molecule has 0 saturated carbocycles. The van der Waals surface area contributed by atoms with Gasteiger partial charge in [0.25, 0.3) is 11.3 Å². The Hall–Kier alpha value is -3.16. The molecule has 0 amide bonds. The van der Waals surface area contributed by atoms with Crippen molar-refractivity contribution in [1.29, 1.82) is 0 Å². The maximum absolute atomic E-state index is 12.9. The van der Waals surface area contributed by atoms with E-state index in [0.29, 0.717) is 12.3 Å². The summed E-state index contributed by atoms with van der Waals surface area (Å²) >= 11 is -2.41. The lowest BCUT2D eigenvalue weighted by atomic mass is 10.0. The van der Waals surface area contributed by atoms with Crippen LogP contribution in [0.3, 0.4) is 0 Å². The van der Waals surface area contributed by atoms with Crippen LogP contribution in [0.15, 0.2) is 78.9 Å². The summed E-state index contributed by atoms with van der Waals surface area (Å²) in [7, 11) is 0. The van der Waals surface area contributed by atoms with Crippen molar-refractivity contribution < 1.29 is 23.0 Å². The number of carbonyl (C=O) groups is 1. The van der Waals surface area contributed by atoms with E-state index >= 15 is 0 Å². The summed E-state index contributed by atoms with van der Waals surface area (Å²) < 4.78 is 34.9. The van der Waals surface area contributed by atoms with E-state index in [0.717, 1.165) is 22.4 Å². The molecular formula is C28H33NO5S. The molecule has 0 spiro atoms. The molecule has 1 N–H and O–H groups in total. The van der Waals surface area contributed by atoms with E-state index in [1.165, 1.54) is 4.31 Å². The number of anilines is 1. The third-order valence-corrected chi connectivity index (χ3v) is 6.03. The number of hydrogen-bond acceptors (Lipinski definition) is 4. The van der Waals surface area contributed by atoms with E-state index in [4.69, 9.17) is 9.47 Å². The zero-order valence-electron chi connectivity index (χ0n) is 20.8. The topological polar surface area (TPSA) is 76.1 Å². The second-order valence-corrected chi connectivity index (χ2v) is 10.5. The first-order chi connectivity index (χ1) is 16.5. The Balaban J connectivity index is 1.76. The summed E-state index contributed by atoms with van der Waals surface area (Å²) in [5.74, 6) is -0.0117. The molecule has 0 radical (unpaired) electrons. The minimum absolute atomic E-state index is 0.246. The predicted molar refractivity (Wildman–Crippen MR) is 140 cm³/mol. The first-order valence-electron chi connectivity index (χ1n) is 11.6. The summed E-state index contributed by atoms with van der Waals surface area (Å²) in [5.41, 5.74) is 2.78. The molecule has 35 heavy (non-hydrogen) atoms. The van der Waals surface area contributed by atoms with Crippen LogP contribution in [0.5, 0.6) is 5.75 Å². The fourth-order valence-corrected chi connectivity index (χ4v) is 4.46. The van der Waals surface area contributed by atoms with Crippen molar-refractivity contribution in [2.24, 2.45) is 5.92 Å². The van der Waals surface area contributed by atoms with Crippen LogP contribution in [0.1, 0.15) is 40.2 Å². The van der Waals surface area contributed by atoms with Gasteiger partial charge in [-0.05, 0) is 67.6 Å². The van der Waals surface area contributed by atoms with E-state index in [1.807, 2.05) is 80.6 Å². The van der Waals surface area contributed by atoms with Gasteiger partial charge in [-0.3, -0.25) is 8.86 Å². The maximum Gasteiger partial charge on any atom is 0.330 e. The molecule has 186 valence electrons. The van der Waals surface area contributed by atoms with E-state index in [2.05, 4.69) is 0 Å². The van der Waals surface area contributed by atoms with Gasteiger partial charge in [0, 0.05) is 0 Å². The fraction of sp³-hybridized carbons (Fsp3) is 0.321. The van der Waals surface area contributed by atoms with Gasteiger partial charge in [-0.15, -0.1) is 0 Å². The van der Waals surface area contributed by atoms with Gasteiger partial charge in [0.2, 0.25) is 0 Å². The van der Waals surface area contributed by atoms with E-state index in [1.54, 1.807) is 32.9 Å². The van der Waals surface area contributed by atoms with Gasteiger partial charge < -0.3 is 9.47 Å². The zero-order valence-corrected chi connectivity index (χ0v) is 21.6. The highest BCUT2D eigenvalue weighted by molar-refractivity contribution is 7.80. The van der Waals surface area contributed by atoms with Gasteiger partial charge in [0.05, 0.1) is 5.69 Å². The number of rotatable bonds is 9. The Labute approximate surface area is 210 Å². The SMILES string of the molecule is CC(C)C(C(=O)OC(C)(C)C)N(c1ccc(-c2ccc(OCc3ccccc3)cc2)cc1)S(=O)O. The Morgan fingerprint density at radius 2 is 1.46 bits per heavy atom. The van der Waals surface area contributed by atoms with Crippen LogP contribution in [0.2, 0.25) is 0 Å². The van der Waals surface area contributed by atoms with Crippen LogP contribution in [0.4, 0.5) is 5.69 Å². The second kappa shape index (κ2) is 11.5. The molecule has 2 unspecified atom stereocenters. The first-order valence-corrected chi connectivity index (χ1v) is 12.6. The van der Waals surface area contributed by atoms with Crippen molar-refractivity contribution in [3.8, 4) is 16.9 Å². The van der Waals surface area contributed by atoms with Crippen molar-refractivity contribution in [2.45, 2.75) is 52.9 Å². The summed E-state index contributed by atoms with van der Waals surface area (Å²) in [6.07, 6.45) is 0. The quantitative estimate of drug-likeness (QED) is 0.281. The Bertz CT molecular complexity index is 1120. The van der Waals surface area contributed by atoms with E-state index in [-0.39, 0.29) is 5.92 Å².